The Morgan fingerprint density at radius 2 is 2.18 bits per heavy atom. The number of nitrogens with zero attached hydrogens (tertiary/aromatic N) is 3. The Morgan fingerprint density at radius 3 is 2.76 bits per heavy atom. The van der Waals surface area contributed by atoms with Gasteiger partial charge in [0.1, 0.15) is 12.1 Å². The number of amides is 1. The number of ether oxygens (including phenoxy) is 1. The van der Waals surface area contributed by atoms with Crippen molar-refractivity contribution >= 4 is 11.7 Å². The Bertz CT molecular complexity index is 402. The molecule has 6 heteroatoms. The molecular formula is C11H16N4O2. The molecule has 1 fully saturated rings. The molecule has 2 rings (SSSR count). The molecular weight excluding hydrogens is 220 g/mol. The van der Waals surface area contributed by atoms with Gasteiger partial charge < -0.3 is 15.4 Å². The van der Waals surface area contributed by atoms with E-state index >= 15 is 0 Å². The lowest BCUT2D eigenvalue weighted by Crippen LogP contribution is -2.38. The fourth-order valence-electron chi connectivity index (χ4n) is 2.01. The molecule has 2 heterocycles. The smallest absolute Gasteiger partial charge is 0.220 e. The van der Waals surface area contributed by atoms with Crippen LogP contribution >= 0.6 is 0 Å². The Hall–Kier alpha value is -1.85. The van der Waals surface area contributed by atoms with Crippen molar-refractivity contribution in [1.29, 1.82) is 0 Å². The molecule has 2 N–H and O–H groups in total. The highest BCUT2D eigenvalue weighted by Crippen LogP contribution is 2.22. The number of aromatic nitrogens is 2. The third-order valence-electron chi connectivity index (χ3n) is 3.06. The van der Waals surface area contributed by atoms with Crippen LogP contribution in [0.1, 0.15) is 12.8 Å². The van der Waals surface area contributed by atoms with Gasteiger partial charge in [0.25, 0.3) is 0 Å². The van der Waals surface area contributed by atoms with Crippen LogP contribution in [0.5, 0.6) is 5.88 Å². The first-order valence-electron chi connectivity index (χ1n) is 5.61. The zero-order valence-corrected chi connectivity index (χ0v) is 9.80. The van der Waals surface area contributed by atoms with Gasteiger partial charge in [-0.25, -0.2) is 9.97 Å². The van der Waals surface area contributed by atoms with Crippen LogP contribution in [-0.2, 0) is 4.79 Å². The molecule has 1 amide bonds. The monoisotopic (exact) mass is 236 g/mol. The lowest BCUT2D eigenvalue weighted by atomic mass is 9.96. The maximum atomic E-state index is 11.1. The topological polar surface area (TPSA) is 81.3 Å². The average molecular weight is 236 g/mol. The van der Waals surface area contributed by atoms with Crippen LogP contribution in [0, 0.1) is 5.92 Å². The molecule has 92 valence electrons. The molecule has 0 aromatic carbocycles. The average Bonchev–Trinajstić information content (AvgIpc) is 2.39. The third-order valence-corrected chi connectivity index (χ3v) is 3.06. The van der Waals surface area contributed by atoms with E-state index < -0.39 is 0 Å². The lowest BCUT2D eigenvalue weighted by molar-refractivity contribution is -0.122. The summed E-state index contributed by atoms with van der Waals surface area (Å²) < 4.78 is 5.05. The molecule has 0 saturated carbocycles. The number of rotatable bonds is 3. The Balaban J connectivity index is 2.02. The summed E-state index contributed by atoms with van der Waals surface area (Å²) in [5.74, 6) is 1.17. The quantitative estimate of drug-likeness (QED) is 0.810. The Labute approximate surface area is 99.8 Å². The van der Waals surface area contributed by atoms with Gasteiger partial charge in [-0.1, -0.05) is 0 Å². The van der Waals surface area contributed by atoms with E-state index in [0.717, 1.165) is 31.7 Å². The first kappa shape index (κ1) is 11.6. The lowest BCUT2D eigenvalue weighted by Gasteiger charge is -2.31. The Kier molecular flexibility index (Phi) is 3.41. The highest BCUT2D eigenvalue weighted by Gasteiger charge is 2.23. The van der Waals surface area contributed by atoms with Crippen molar-refractivity contribution in [2.75, 3.05) is 25.1 Å². The van der Waals surface area contributed by atoms with Crippen LogP contribution in [-0.4, -0.2) is 36.1 Å². The minimum absolute atomic E-state index is 0.00465. The van der Waals surface area contributed by atoms with E-state index in [1.54, 1.807) is 13.2 Å². The van der Waals surface area contributed by atoms with Crippen LogP contribution in [0.2, 0.25) is 0 Å². The van der Waals surface area contributed by atoms with Gasteiger partial charge in [-0.2, -0.15) is 0 Å². The predicted molar refractivity (Wildman–Crippen MR) is 62.7 cm³/mol. The molecule has 0 aliphatic carbocycles. The van der Waals surface area contributed by atoms with Crippen molar-refractivity contribution in [2.24, 2.45) is 11.7 Å². The molecule has 17 heavy (non-hydrogen) atoms. The first-order valence-corrected chi connectivity index (χ1v) is 5.61. The number of piperidine rings is 1. The molecule has 0 unspecified atom stereocenters. The summed E-state index contributed by atoms with van der Waals surface area (Å²) in [4.78, 5) is 21.3. The SMILES string of the molecule is COc1cc(N2CCC(C(N)=O)CC2)ncn1. The minimum Gasteiger partial charge on any atom is -0.481 e. The summed E-state index contributed by atoms with van der Waals surface area (Å²) >= 11 is 0. The summed E-state index contributed by atoms with van der Waals surface area (Å²) in [6.07, 6.45) is 3.04. The van der Waals surface area contributed by atoms with Gasteiger partial charge in [0.2, 0.25) is 11.8 Å². The molecule has 1 saturated heterocycles. The number of carbonyl (C=O) groups is 1. The van der Waals surface area contributed by atoms with E-state index in [-0.39, 0.29) is 11.8 Å². The van der Waals surface area contributed by atoms with Crippen molar-refractivity contribution in [2.45, 2.75) is 12.8 Å². The van der Waals surface area contributed by atoms with Crippen molar-refractivity contribution < 1.29 is 9.53 Å². The van der Waals surface area contributed by atoms with E-state index in [1.165, 1.54) is 6.33 Å². The summed E-state index contributed by atoms with van der Waals surface area (Å²) in [7, 11) is 1.57. The van der Waals surface area contributed by atoms with Crippen LogP contribution < -0.4 is 15.4 Å². The zero-order chi connectivity index (χ0) is 12.3. The number of hydrogen-bond donors (Lipinski definition) is 1. The summed E-state index contributed by atoms with van der Waals surface area (Å²) in [5.41, 5.74) is 5.29. The third kappa shape index (κ3) is 2.64. The number of primary amides is 1. The van der Waals surface area contributed by atoms with Gasteiger partial charge in [0.05, 0.1) is 7.11 Å². The summed E-state index contributed by atoms with van der Waals surface area (Å²) in [6.45, 7) is 1.57. The van der Waals surface area contributed by atoms with Gasteiger partial charge in [-0.15, -0.1) is 0 Å². The number of methoxy groups -OCH3 is 1. The van der Waals surface area contributed by atoms with Gasteiger partial charge in [-0.3, -0.25) is 4.79 Å². The van der Waals surface area contributed by atoms with Crippen molar-refractivity contribution in [1.82, 2.24) is 9.97 Å². The van der Waals surface area contributed by atoms with Gasteiger partial charge in [0, 0.05) is 25.1 Å². The van der Waals surface area contributed by atoms with E-state index in [0.29, 0.717) is 5.88 Å². The zero-order valence-electron chi connectivity index (χ0n) is 9.80. The standard InChI is InChI=1S/C11H16N4O2/c1-17-10-6-9(13-7-14-10)15-4-2-8(3-5-15)11(12)16/h6-8H,2-5H2,1H3,(H2,12,16). The van der Waals surface area contributed by atoms with Crippen molar-refractivity contribution in [3.63, 3.8) is 0 Å². The molecule has 1 aliphatic rings. The second-order valence-electron chi connectivity index (χ2n) is 4.08. The van der Waals surface area contributed by atoms with E-state index in [9.17, 15) is 4.79 Å². The highest BCUT2D eigenvalue weighted by atomic mass is 16.5. The van der Waals surface area contributed by atoms with Gasteiger partial charge in [-0.05, 0) is 12.8 Å². The number of carbonyl (C=O) groups excluding carboxylic acids is 1. The predicted octanol–water partition coefficient (Wildman–Crippen LogP) is 0.187. The normalized spacial score (nSPS) is 16.9. The number of hydrogen-bond acceptors (Lipinski definition) is 5. The van der Waals surface area contributed by atoms with Crippen molar-refractivity contribution in [3.8, 4) is 5.88 Å². The fraction of sp³-hybridized carbons (Fsp3) is 0.545. The van der Waals surface area contributed by atoms with Crippen LogP contribution in [0.3, 0.4) is 0 Å². The highest BCUT2D eigenvalue weighted by molar-refractivity contribution is 5.76. The molecule has 0 bridgehead atoms. The maximum absolute atomic E-state index is 11.1. The molecule has 1 aromatic rings. The van der Waals surface area contributed by atoms with Crippen LogP contribution in [0.25, 0.3) is 0 Å². The van der Waals surface area contributed by atoms with E-state index in [2.05, 4.69) is 14.9 Å². The second kappa shape index (κ2) is 4.99. The number of anilines is 1. The maximum Gasteiger partial charge on any atom is 0.220 e. The number of nitrogens with two attached hydrogens (primary N) is 1. The second-order valence-corrected chi connectivity index (χ2v) is 4.08. The molecule has 0 atom stereocenters. The van der Waals surface area contributed by atoms with Gasteiger partial charge in [0.15, 0.2) is 0 Å². The molecule has 0 radical (unpaired) electrons. The Morgan fingerprint density at radius 1 is 1.47 bits per heavy atom. The minimum atomic E-state index is -0.204. The summed E-state index contributed by atoms with van der Waals surface area (Å²) in [6, 6.07) is 1.80. The van der Waals surface area contributed by atoms with Gasteiger partial charge >= 0.3 is 0 Å². The van der Waals surface area contributed by atoms with Crippen molar-refractivity contribution in [3.05, 3.63) is 12.4 Å². The molecule has 0 spiro atoms. The first-order chi connectivity index (χ1) is 8.20. The van der Waals surface area contributed by atoms with E-state index in [4.69, 9.17) is 10.5 Å². The molecule has 1 aliphatic heterocycles. The summed E-state index contributed by atoms with van der Waals surface area (Å²) in [5, 5.41) is 0. The van der Waals surface area contributed by atoms with Crippen LogP contribution in [0.4, 0.5) is 5.82 Å². The van der Waals surface area contributed by atoms with E-state index in [1.807, 2.05) is 0 Å². The molecule has 6 nitrogen and oxygen atoms in total. The van der Waals surface area contributed by atoms with Crippen LogP contribution in [0.15, 0.2) is 12.4 Å². The molecule has 1 aromatic heterocycles. The fourth-order valence-corrected chi connectivity index (χ4v) is 2.01. The largest absolute Gasteiger partial charge is 0.481 e.